The number of hydrogen-bond donors (Lipinski definition) is 1. The lowest BCUT2D eigenvalue weighted by molar-refractivity contribution is -0.127. The van der Waals surface area contributed by atoms with Crippen LogP contribution in [0.5, 0.6) is 0 Å². The van der Waals surface area contributed by atoms with Crippen LogP contribution < -0.4 is 5.32 Å². The molecule has 1 aliphatic heterocycles. The van der Waals surface area contributed by atoms with E-state index in [0.717, 1.165) is 18.9 Å². The second-order valence-corrected chi connectivity index (χ2v) is 5.53. The summed E-state index contributed by atoms with van der Waals surface area (Å²) in [5, 5.41) is 3.27. The molecule has 0 unspecified atom stereocenters. The van der Waals surface area contributed by atoms with Crippen molar-refractivity contribution in [2.75, 3.05) is 60.0 Å². The van der Waals surface area contributed by atoms with Crippen molar-refractivity contribution in [1.82, 2.24) is 20.0 Å². The first-order valence-electron chi connectivity index (χ1n) is 8.14. The van der Waals surface area contributed by atoms with E-state index in [0.29, 0.717) is 32.8 Å². The molecule has 1 saturated heterocycles. The van der Waals surface area contributed by atoms with Gasteiger partial charge in [0.15, 0.2) is 5.96 Å². The molecule has 132 valence electrons. The van der Waals surface area contributed by atoms with E-state index in [1.54, 1.807) is 25.9 Å². The van der Waals surface area contributed by atoms with Crippen LogP contribution in [0.4, 0.5) is 4.79 Å². The Kier molecular flexibility index (Phi) is 8.21. The van der Waals surface area contributed by atoms with Crippen molar-refractivity contribution >= 4 is 18.0 Å². The molecule has 0 aromatic carbocycles. The molecule has 0 radical (unpaired) electrons. The van der Waals surface area contributed by atoms with Gasteiger partial charge in [0.25, 0.3) is 0 Å². The number of piperazine rings is 1. The van der Waals surface area contributed by atoms with Crippen LogP contribution in [-0.2, 0) is 9.53 Å². The van der Waals surface area contributed by atoms with E-state index >= 15 is 0 Å². The van der Waals surface area contributed by atoms with Gasteiger partial charge in [-0.05, 0) is 13.3 Å². The fourth-order valence-corrected chi connectivity index (χ4v) is 2.10. The molecular weight excluding hydrogens is 298 g/mol. The van der Waals surface area contributed by atoms with Gasteiger partial charge in [-0.2, -0.15) is 0 Å². The maximum atomic E-state index is 11.7. The highest BCUT2D eigenvalue weighted by molar-refractivity contribution is 5.85. The van der Waals surface area contributed by atoms with Crippen molar-refractivity contribution in [1.29, 1.82) is 0 Å². The summed E-state index contributed by atoms with van der Waals surface area (Å²) < 4.78 is 5.02. The van der Waals surface area contributed by atoms with Crippen LogP contribution in [0.2, 0.25) is 0 Å². The molecule has 1 N–H and O–H groups in total. The highest BCUT2D eigenvalue weighted by Gasteiger charge is 2.23. The number of aliphatic imine (C=N–C) groups is 1. The third-order valence-corrected chi connectivity index (χ3v) is 3.50. The van der Waals surface area contributed by atoms with Crippen molar-refractivity contribution in [3.8, 4) is 0 Å². The summed E-state index contributed by atoms with van der Waals surface area (Å²) in [6.07, 6.45) is 0.707. The van der Waals surface area contributed by atoms with Gasteiger partial charge in [-0.1, -0.05) is 6.92 Å². The van der Waals surface area contributed by atoms with E-state index in [2.05, 4.69) is 22.1 Å². The number of nitrogens with zero attached hydrogens (tertiary/aromatic N) is 4. The maximum Gasteiger partial charge on any atom is 0.409 e. The molecule has 0 aromatic rings. The van der Waals surface area contributed by atoms with Gasteiger partial charge in [0, 0.05) is 46.8 Å². The summed E-state index contributed by atoms with van der Waals surface area (Å²) in [7, 11) is 3.43. The Morgan fingerprint density at radius 1 is 1.13 bits per heavy atom. The largest absolute Gasteiger partial charge is 0.450 e. The van der Waals surface area contributed by atoms with Gasteiger partial charge < -0.3 is 24.8 Å². The normalized spacial score (nSPS) is 15.4. The Morgan fingerprint density at radius 2 is 1.74 bits per heavy atom. The Morgan fingerprint density at radius 3 is 2.26 bits per heavy atom. The third-order valence-electron chi connectivity index (χ3n) is 3.50. The van der Waals surface area contributed by atoms with Crippen LogP contribution in [0.25, 0.3) is 0 Å². The summed E-state index contributed by atoms with van der Waals surface area (Å²) in [5.74, 6) is 0.691. The molecule has 0 bridgehead atoms. The maximum absolute atomic E-state index is 11.7. The number of hydrogen-bond acceptors (Lipinski definition) is 4. The van der Waals surface area contributed by atoms with Gasteiger partial charge in [0.05, 0.1) is 6.61 Å². The number of nitrogens with one attached hydrogen (secondary N) is 1. The zero-order valence-electron chi connectivity index (χ0n) is 14.7. The lowest BCUT2D eigenvalue weighted by Crippen LogP contribution is -2.54. The Labute approximate surface area is 138 Å². The van der Waals surface area contributed by atoms with E-state index in [9.17, 15) is 9.59 Å². The van der Waals surface area contributed by atoms with Crippen molar-refractivity contribution < 1.29 is 14.3 Å². The van der Waals surface area contributed by atoms with E-state index in [1.807, 2.05) is 0 Å². The number of carbonyl (C=O) groups is 2. The van der Waals surface area contributed by atoms with Gasteiger partial charge in [-0.3, -0.25) is 4.79 Å². The molecule has 8 nitrogen and oxygen atoms in total. The van der Waals surface area contributed by atoms with Crippen molar-refractivity contribution in [2.45, 2.75) is 20.3 Å². The minimum atomic E-state index is -0.269. The second kappa shape index (κ2) is 9.91. The monoisotopic (exact) mass is 327 g/mol. The lowest BCUT2D eigenvalue weighted by atomic mass is 10.3. The molecule has 1 heterocycles. The summed E-state index contributed by atoms with van der Waals surface area (Å²) in [4.78, 5) is 33.2. The highest BCUT2D eigenvalue weighted by Crippen LogP contribution is 2.04. The molecule has 1 fully saturated rings. The number of likely N-dealkylation sites (N-methyl/N-ethyl adjacent to an activating group) is 1. The van der Waals surface area contributed by atoms with E-state index in [-0.39, 0.29) is 18.5 Å². The number of amides is 2. The SMILES string of the molecule is CCCNC(=NCC(=O)N(C)C)N1CCN(C(=O)OCC)CC1. The van der Waals surface area contributed by atoms with Gasteiger partial charge in [0.1, 0.15) is 6.54 Å². The molecule has 23 heavy (non-hydrogen) atoms. The molecule has 0 spiro atoms. The quantitative estimate of drug-likeness (QED) is 0.577. The molecule has 0 aliphatic carbocycles. The van der Waals surface area contributed by atoms with E-state index in [1.165, 1.54) is 4.90 Å². The summed E-state index contributed by atoms with van der Waals surface area (Å²) in [6, 6.07) is 0. The average molecular weight is 327 g/mol. The topological polar surface area (TPSA) is 77.5 Å². The summed E-state index contributed by atoms with van der Waals surface area (Å²) in [6.45, 7) is 7.71. The van der Waals surface area contributed by atoms with Crippen LogP contribution in [0.1, 0.15) is 20.3 Å². The lowest BCUT2D eigenvalue weighted by Gasteiger charge is -2.36. The number of rotatable bonds is 5. The molecule has 2 amide bonds. The van der Waals surface area contributed by atoms with Gasteiger partial charge in [-0.15, -0.1) is 0 Å². The van der Waals surface area contributed by atoms with Gasteiger partial charge in [0.2, 0.25) is 5.91 Å². The van der Waals surface area contributed by atoms with Crippen molar-refractivity contribution in [3.05, 3.63) is 0 Å². The van der Waals surface area contributed by atoms with Crippen LogP contribution in [0.3, 0.4) is 0 Å². The molecule has 0 atom stereocenters. The molecule has 1 aliphatic rings. The molecule has 8 heteroatoms. The number of ether oxygens (including phenoxy) is 1. The van der Waals surface area contributed by atoms with E-state index in [4.69, 9.17) is 4.74 Å². The molecule has 1 rings (SSSR count). The van der Waals surface area contributed by atoms with Crippen molar-refractivity contribution in [3.63, 3.8) is 0 Å². The van der Waals surface area contributed by atoms with Crippen LogP contribution >= 0.6 is 0 Å². The zero-order valence-corrected chi connectivity index (χ0v) is 14.7. The predicted octanol–water partition coefficient (Wildman–Crippen LogP) is 0.204. The zero-order chi connectivity index (χ0) is 17.2. The van der Waals surface area contributed by atoms with Crippen LogP contribution in [0, 0.1) is 0 Å². The Bertz CT molecular complexity index is 417. The fourth-order valence-electron chi connectivity index (χ4n) is 2.10. The standard InChI is InChI=1S/C15H29N5O3/c1-5-7-16-14(17-12-13(21)18(3)4)19-8-10-20(11-9-19)15(22)23-6-2/h5-12H2,1-4H3,(H,16,17). The average Bonchev–Trinajstić information content (AvgIpc) is 2.55. The minimum absolute atomic E-state index is 0.0361. The van der Waals surface area contributed by atoms with E-state index < -0.39 is 0 Å². The molecule has 0 aromatic heterocycles. The number of carbonyl (C=O) groups excluding carboxylic acids is 2. The first kappa shape index (κ1) is 19.1. The summed E-state index contributed by atoms with van der Waals surface area (Å²) >= 11 is 0. The summed E-state index contributed by atoms with van der Waals surface area (Å²) in [5.41, 5.74) is 0. The smallest absolute Gasteiger partial charge is 0.409 e. The first-order chi connectivity index (χ1) is 11.0. The second-order valence-electron chi connectivity index (χ2n) is 5.53. The van der Waals surface area contributed by atoms with Gasteiger partial charge >= 0.3 is 6.09 Å². The minimum Gasteiger partial charge on any atom is -0.450 e. The van der Waals surface area contributed by atoms with Crippen LogP contribution in [0.15, 0.2) is 4.99 Å². The highest BCUT2D eigenvalue weighted by atomic mass is 16.6. The fraction of sp³-hybridized carbons (Fsp3) is 0.800. The van der Waals surface area contributed by atoms with Crippen LogP contribution in [-0.4, -0.2) is 92.6 Å². The molecule has 0 saturated carbocycles. The van der Waals surface area contributed by atoms with Gasteiger partial charge in [-0.25, -0.2) is 9.79 Å². The molecular formula is C15H29N5O3. The van der Waals surface area contributed by atoms with Crippen molar-refractivity contribution in [2.24, 2.45) is 4.99 Å². The number of guanidine groups is 1. The Balaban J connectivity index is 2.61. The predicted molar refractivity (Wildman–Crippen MR) is 89.5 cm³/mol. The Hall–Kier alpha value is -1.99. The third kappa shape index (κ3) is 6.33. The first-order valence-corrected chi connectivity index (χ1v) is 8.14.